The van der Waals surface area contributed by atoms with Crippen molar-refractivity contribution in [1.29, 1.82) is 0 Å². The highest BCUT2D eigenvalue weighted by Gasteiger charge is 2.47. The van der Waals surface area contributed by atoms with E-state index in [4.69, 9.17) is 14.2 Å². The molecular formula is C23H27NO7. The maximum Gasteiger partial charge on any atom is 0.336 e. The summed E-state index contributed by atoms with van der Waals surface area (Å²) in [5.74, 6) is -3.60. The number of allylic oxidation sites excluding steroid dienone is 3. The molecule has 0 fully saturated rings. The molecule has 2 aliphatic rings. The Kier molecular flexibility index (Phi) is 6.80. The maximum atomic E-state index is 13.5. The quantitative estimate of drug-likeness (QED) is 0.402. The van der Waals surface area contributed by atoms with E-state index in [2.05, 4.69) is 5.32 Å². The summed E-state index contributed by atoms with van der Waals surface area (Å²) in [6.45, 7) is 3.85. The molecule has 1 aliphatic carbocycles. The van der Waals surface area contributed by atoms with Crippen molar-refractivity contribution in [3.8, 4) is 5.75 Å². The van der Waals surface area contributed by atoms with Gasteiger partial charge in [-0.05, 0) is 37.0 Å². The van der Waals surface area contributed by atoms with Crippen molar-refractivity contribution in [1.82, 2.24) is 5.32 Å². The van der Waals surface area contributed by atoms with Crippen LogP contribution in [0.5, 0.6) is 5.75 Å². The lowest BCUT2D eigenvalue weighted by molar-refractivity contribution is -0.151. The molecular weight excluding hydrogens is 402 g/mol. The number of ketones is 1. The van der Waals surface area contributed by atoms with Crippen molar-refractivity contribution in [2.45, 2.75) is 26.2 Å². The van der Waals surface area contributed by atoms with Gasteiger partial charge in [0.25, 0.3) is 0 Å². The van der Waals surface area contributed by atoms with E-state index in [1.165, 1.54) is 26.4 Å². The van der Waals surface area contributed by atoms with Crippen LogP contribution in [0.4, 0.5) is 0 Å². The van der Waals surface area contributed by atoms with E-state index in [0.717, 1.165) is 0 Å². The van der Waals surface area contributed by atoms with Crippen molar-refractivity contribution in [2.24, 2.45) is 11.8 Å². The minimum atomic E-state index is -0.963. The number of carbonyl (C=O) groups is 3. The van der Waals surface area contributed by atoms with Crippen LogP contribution in [0, 0.1) is 11.8 Å². The van der Waals surface area contributed by atoms with E-state index < -0.39 is 29.6 Å². The smallest absolute Gasteiger partial charge is 0.336 e. The second kappa shape index (κ2) is 9.34. The van der Waals surface area contributed by atoms with Crippen molar-refractivity contribution >= 4 is 17.7 Å². The predicted octanol–water partition coefficient (Wildman–Crippen LogP) is 2.19. The SMILES string of the molecule is COCCOC(=O)C1=C(C)NC2=C(C(=O)[C@H](C(=O)OC)[C@@H](C)C2)[C@@H]1c1cccc(O)c1. The lowest BCUT2D eigenvalue weighted by Gasteiger charge is -2.38. The third kappa shape index (κ3) is 4.34. The number of ether oxygens (including phenoxy) is 3. The van der Waals surface area contributed by atoms with E-state index in [0.29, 0.717) is 29.0 Å². The summed E-state index contributed by atoms with van der Waals surface area (Å²) >= 11 is 0. The second-order valence-electron chi connectivity index (χ2n) is 7.76. The number of rotatable bonds is 6. The van der Waals surface area contributed by atoms with Crippen LogP contribution >= 0.6 is 0 Å². The average molecular weight is 429 g/mol. The molecule has 166 valence electrons. The summed E-state index contributed by atoms with van der Waals surface area (Å²) in [5.41, 5.74) is 2.36. The Labute approximate surface area is 180 Å². The van der Waals surface area contributed by atoms with Crippen molar-refractivity contribution in [2.75, 3.05) is 27.4 Å². The van der Waals surface area contributed by atoms with Crippen LogP contribution in [-0.4, -0.2) is 50.3 Å². The summed E-state index contributed by atoms with van der Waals surface area (Å²) in [6.07, 6.45) is 0.444. The van der Waals surface area contributed by atoms with Gasteiger partial charge in [-0.25, -0.2) is 4.79 Å². The van der Waals surface area contributed by atoms with Crippen molar-refractivity contribution in [3.63, 3.8) is 0 Å². The van der Waals surface area contributed by atoms with Crippen LogP contribution in [-0.2, 0) is 28.6 Å². The highest BCUT2D eigenvalue weighted by molar-refractivity contribution is 6.12. The maximum absolute atomic E-state index is 13.5. The van der Waals surface area contributed by atoms with Crippen LogP contribution in [0.25, 0.3) is 0 Å². The number of dihydropyridines is 1. The molecule has 0 amide bonds. The molecule has 0 saturated heterocycles. The fourth-order valence-corrected chi connectivity index (χ4v) is 4.28. The largest absolute Gasteiger partial charge is 0.508 e. The zero-order valence-corrected chi connectivity index (χ0v) is 18.1. The summed E-state index contributed by atoms with van der Waals surface area (Å²) in [5, 5.41) is 13.2. The van der Waals surface area contributed by atoms with Crippen LogP contribution in [0.3, 0.4) is 0 Å². The van der Waals surface area contributed by atoms with Gasteiger partial charge in [0.05, 0.1) is 19.3 Å². The summed E-state index contributed by atoms with van der Waals surface area (Å²) in [6, 6.07) is 6.39. The van der Waals surface area contributed by atoms with E-state index in [1.807, 2.05) is 6.92 Å². The van der Waals surface area contributed by atoms with Crippen molar-refractivity contribution < 1.29 is 33.7 Å². The van der Waals surface area contributed by atoms with E-state index >= 15 is 0 Å². The zero-order chi connectivity index (χ0) is 22.7. The first-order chi connectivity index (χ1) is 14.8. The number of esters is 2. The van der Waals surface area contributed by atoms with Gasteiger partial charge in [0.2, 0.25) is 0 Å². The molecule has 1 aromatic carbocycles. The summed E-state index contributed by atoms with van der Waals surface area (Å²) < 4.78 is 15.2. The molecule has 0 aromatic heterocycles. The van der Waals surface area contributed by atoms with Crippen LogP contribution in [0.1, 0.15) is 31.7 Å². The van der Waals surface area contributed by atoms with Crippen LogP contribution in [0.15, 0.2) is 46.8 Å². The first-order valence-corrected chi connectivity index (χ1v) is 10.1. The molecule has 0 radical (unpaired) electrons. The molecule has 1 heterocycles. The molecule has 2 N–H and O–H groups in total. The van der Waals surface area contributed by atoms with E-state index in [-0.39, 0.29) is 30.5 Å². The Hall–Kier alpha value is -3.13. The molecule has 31 heavy (non-hydrogen) atoms. The normalized spacial score (nSPS) is 23.2. The Morgan fingerprint density at radius 3 is 2.61 bits per heavy atom. The molecule has 1 aliphatic heterocycles. The number of phenolic OH excluding ortho intramolecular Hbond substituents is 1. The second-order valence-corrected chi connectivity index (χ2v) is 7.76. The highest BCUT2D eigenvalue weighted by atomic mass is 16.6. The van der Waals surface area contributed by atoms with Gasteiger partial charge in [0.1, 0.15) is 18.3 Å². The van der Waals surface area contributed by atoms with Gasteiger partial charge < -0.3 is 24.6 Å². The minimum Gasteiger partial charge on any atom is -0.508 e. The number of methoxy groups -OCH3 is 2. The third-order valence-corrected chi connectivity index (χ3v) is 5.69. The Balaban J connectivity index is 2.12. The standard InChI is InChI=1S/C23H27NO7/c1-12-10-16-20(21(26)17(12)22(27)30-4)19(14-6-5-7-15(25)11-14)18(13(2)24-16)23(28)31-9-8-29-3/h5-7,11-12,17,19,24-25H,8-10H2,1-4H3/t12-,17+,19+/m0/s1. The molecule has 3 atom stereocenters. The number of aromatic hydroxyl groups is 1. The number of Topliss-reactive ketones (excluding diaryl/α,β-unsaturated/α-hetero) is 1. The summed E-state index contributed by atoms with van der Waals surface area (Å²) in [4.78, 5) is 38.9. The van der Waals surface area contributed by atoms with Gasteiger partial charge in [-0.15, -0.1) is 0 Å². The van der Waals surface area contributed by atoms with Gasteiger partial charge in [-0.1, -0.05) is 19.1 Å². The zero-order valence-electron chi connectivity index (χ0n) is 18.1. The number of hydrogen-bond acceptors (Lipinski definition) is 8. The van der Waals surface area contributed by atoms with E-state index in [9.17, 15) is 19.5 Å². The van der Waals surface area contributed by atoms with Gasteiger partial charge in [-0.2, -0.15) is 0 Å². The molecule has 8 heteroatoms. The predicted molar refractivity (Wildman–Crippen MR) is 111 cm³/mol. The lowest BCUT2D eigenvalue weighted by atomic mass is 9.69. The van der Waals surface area contributed by atoms with Gasteiger partial charge in [0, 0.05) is 30.0 Å². The Morgan fingerprint density at radius 1 is 1.23 bits per heavy atom. The molecule has 0 unspecified atom stereocenters. The summed E-state index contributed by atoms with van der Waals surface area (Å²) in [7, 11) is 2.75. The van der Waals surface area contributed by atoms with Crippen LogP contribution in [0.2, 0.25) is 0 Å². The van der Waals surface area contributed by atoms with E-state index in [1.54, 1.807) is 19.1 Å². The Bertz CT molecular complexity index is 962. The van der Waals surface area contributed by atoms with Crippen LogP contribution < -0.4 is 5.32 Å². The molecule has 0 saturated carbocycles. The number of phenols is 1. The monoisotopic (exact) mass is 429 g/mol. The molecule has 1 aromatic rings. The highest BCUT2D eigenvalue weighted by Crippen LogP contribution is 2.45. The number of carbonyl (C=O) groups excluding carboxylic acids is 3. The first kappa shape index (κ1) is 22.6. The van der Waals surface area contributed by atoms with Gasteiger partial charge in [-0.3, -0.25) is 9.59 Å². The van der Waals surface area contributed by atoms with Gasteiger partial charge >= 0.3 is 11.9 Å². The third-order valence-electron chi connectivity index (χ3n) is 5.69. The fourth-order valence-electron chi connectivity index (χ4n) is 4.28. The number of nitrogens with one attached hydrogen (secondary N) is 1. The molecule has 0 bridgehead atoms. The fraction of sp³-hybridized carbons (Fsp3) is 0.435. The molecule has 0 spiro atoms. The number of benzene rings is 1. The Morgan fingerprint density at radius 2 is 1.97 bits per heavy atom. The van der Waals surface area contributed by atoms with Crippen molar-refractivity contribution in [3.05, 3.63) is 52.4 Å². The average Bonchev–Trinajstić information content (AvgIpc) is 2.72. The number of hydrogen-bond donors (Lipinski definition) is 2. The first-order valence-electron chi connectivity index (χ1n) is 10.1. The molecule has 3 rings (SSSR count). The molecule has 8 nitrogen and oxygen atoms in total. The lowest BCUT2D eigenvalue weighted by Crippen LogP contribution is -2.43. The minimum absolute atomic E-state index is 0.00378. The van der Waals surface area contributed by atoms with Gasteiger partial charge in [0.15, 0.2) is 5.78 Å². The topological polar surface area (TPSA) is 111 Å².